The Morgan fingerprint density at radius 1 is 1.31 bits per heavy atom. The molecule has 1 fully saturated rings. The number of carbonyl (C=O) groups excluding carboxylic acids is 2. The number of hydrogen-bond acceptors (Lipinski definition) is 5. The Labute approximate surface area is 154 Å². The molecule has 26 heavy (non-hydrogen) atoms. The highest BCUT2D eigenvalue weighted by atomic mass is 16.5. The van der Waals surface area contributed by atoms with E-state index in [0.717, 1.165) is 5.56 Å². The molecule has 1 aromatic carbocycles. The fraction of sp³-hybridized carbons (Fsp3) is 0.579. The average molecular weight is 363 g/mol. The number of nitrogens with two attached hydrogens (primary N) is 1. The van der Waals surface area contributed by atoms with Crippen LogP contribution in [-0.2, 0) is 16.0 Å². The Morgan fingerprint density at radius 3 is 2.62 bits per heavy atom. The number of carbonyl (C=O) groups is 2. The maximum atomic E-state index is 12.4. The van der Waals surface area contributed by atoms with Gasteiger partial charge in [-0.05, 0) is 38.0 Å². The number of nitrogens with one attached hydrogen (secondary N) is 1. The van der Waals surface area contributed by atoms with Crippen LogP contribution in [0.25, 0.3) is 0 Å². The van der Waals surface area contributed by atoms with Gasteiger partial charge in [0.2, 0.25) is 11.8 Å². The second-order valence-corrected chi connectivity index (χ2v) is 7.26. The lowest BCUT2D eigenvalue weighted by Gasteiger charge is -2.26. The van der Waals surface area contributed by atoms with Crippen LogP contribution in [0.1, 0.15) is 25.8 Å². The molecule has 7 heteroatoms. The molecule has 1 aliphatic heterocycles. The standard InChI is InChI=1S/C19H29N3O4/c1-19(2,12-20)21-18(24)14-10-17(23)22(11-14)8-7-13-5-6-15(25-3)16(9-13)26-4/h5-6,9,14H,7-8,10-12,20H2,1-4H3,(H,21,24). The molecule has 2 amide bonds. The minimum atomic E-state index is -0.465. The largest absolute Gasteiger partial charge is 0.493 e. The summed E-state index contributed by atoms with van der Waals surface area (Å²) < 4.78 is 10.5. The fourth-order valence-corrected chi connectivity index (χ4v) is 2.95. The highest BCUT2D eigenvalue weighted by Gasteiger charge is 2.35. The first-order valence-electron chi connectivity index (χ1n) is 8.80. The normalized spacial score (nSPS) is 17.3. The highest BCUT2D eigenvalue weighted by Crippen LogP contribution is 2.28. The van der Waals surface area contributed by atoms with Crippen molar-refractivity contribution in [3.63, 3.8) is 0 Å². The summed E-state index contributed by atoms with van der Waals surface area (Å²) in [6.07, 6.45) is 0.938. The van der Waals surface area contributed by atoms with Gasteiger partial charge in [-0.2, -0.15) is 0 Å². The van der Waals surface area contributed by atoms with Gasteiger partial charge in [-0.15, -0.1) is 0 Å². The zero-order valence-corrected chi connectivity index (χ0v) is 16.0. The van der Waals surface area contributed by atoms with Crippen LogP contribution in [0.5, 0.6) is 11.5 Å². The zero-order valence-electron chi connectivity index (χ0n) is 16.0. The third kappa shape index (κ3) is 4.88. The van der Waals surface area contributed by atoms with Crippen molar-refractivity contribution in [2.45, 2.75) is 32.2 Å². The van der Waals surface area contributed by atoms with Crippen LogP contribution < -0.4 is 20.5 Å². The molecule has 1 saturated heterocycles. The Morgan fingerprint density at radius 2 is 2.00 bits per heavy atom. The van der Waals surface area contributed by atoms with Gasteiger partial charge in [-0.3, -0.25) is 9.59 Å². The minimum Gasteiger partial charge on any atom is -0.493 e. The Bertz CT molecular complexity index is 660. The van der Waals surface area contributed by atoms with Crippen molar-refractivity contribution in [1.82, 2.24) is 10.2 Å². The van der Waals surface area contributed by atoms with Crippen LogP contribution in [0.4, 0.5) is 0 Å². The van der Waals surface area contributed by atoms with Crippen molar-refractivity contribution in [2.24, 2.45) is 11.7 Å². The molecule has 3 N–H and O–H groups in total. The van der Waals surface area contributed by atoms with Crippen LogP contribution in [0.3, 0.4) is 0 Å². The van der Waals surface area contributed by atoms with Crippen molar-refractivity contribution in [3.8, 4) is 11.5 Å². The molecule has 0 spiro atoms. The zero-order chi connectivity index (χ0) is 19.3. The molecule has 1 atom stereocenters. The SMILES string of the molecule is COc1ccc(CCN2CC(C(=O)NC(C)(C)CN)CC2=O)cc1OC. The molecule has 0 aliphatic carbocycles. The maximum absolute atomic E-state index is 12.4. The average Bonchev–Trinajstić information content (AvgIpc) is 3.00. The smallest absolute Gasteiger partial charge is 0.225 e. The first-order chi connectivity index (χ1) is 12.3. The molecule has 0 bridgehead atoms. The van der Waals surface area contributed by atoms with E-state index in [4.69, 9.17) is 15.2 Å². The summed E-state index contributed by atoms with van der Waals surface area (Å²) in [5, 5.41) is 2.92. The molecule has 0 saturated carbocycles. The summed E-state index contributed by atoms with van der Waals surface area (Å²) in [6, 6.07) is 5.72. The van der Waals surface area contributed by atoms with Gasteiger partial charge in [0.1, 0.15) is 0 Å². The quantitative estimate of drug-likeness (QED) is 0.717. The summed E-state index contributed by atoms with van der Waals surface area (Å²) in [4.78, 5) is 26.4. The first-order valence-corrected chi connectivity index (χ1v) is 8.80. The molecule has 144 valence electrons. The monoisotopic (exact) mass is 363 g/mol. The number of rotatable bonds is 8. The molecule has 0 aromatic heterocycles. The molecular weight excluding hydrogens is 334 g/mol. The third-order valence-electron chi connectivity index (χ3n) is 4.68. The highest BCUT2D eigenvalue weighted by molar-refractivity contribution is 5.89. The fourth-order valence-electron chi connectivity index (χ4n) is 2.95. The van der Waals surface area contributed by atoms with E-state index in [9.17, 15) is 9.59 Å². The molecule has 1 aromatic rings. The van der Waals surface area contributed by atoms with Gasteiger partial charge >= 0.3 is 0 Å². The second kappa shape index (κ2) is 8.40. The molecular formula is C19H29N3O4. The lowest BCUT2D eigenvalue weighted by molar-refractivity contribution is -0.129. The predicted molar refractivity (Wildman–Crippen MR) is 99.2 cm³/mol. The van der Waals surface area contributed by atoms with E-state index in [1.165, 1.54) is 0 Å². The lowest BCUT2D eigenvalue weighted by atomic mass is 10.0. The van der Waals surface area contributed by atoms with E-state index < -0.39 is 5.54 Å². The van der Waals surface area contributed by atoms with E-state index in [2.05, 4.69) is 5.32 Å². The van der Waals surface area contributed by atoms with E-state index in [1.54, 1.807) is 19.1 Å². The van der Waals surface area contributed by atoms with Gasteiger partial charge in [-0.25, -0.2) is 0 Å². The van der Waals surface area contributed by atoms with Gasteiger partial charge in [0, 0.05) is 31.6 Å². The van der Waals surface area contributed by atoms with Crippen LogP contribution in [-0.4, -0.2) is 56.1 Å². The Balaban J connectivity index is 1.93. The van der Waals surface area contributed by atoms with Crippen LogP contribution in [0.2, 0.25) is 0 Å². The maximum Gasteiger partial charge on any atom is 0.225 e. The number of benzene rings is 1. The summed E-state index contributed by atoms with van der Waals surface area (Å²) in [5.41, 5.74) is 6.24. The Hall–Kier alpha value is -2.28. The van der Waals surface area contributed by atoms with E-state index in [-0.39, 0.29) is 24.2 Å². The summed E-state index contributed by atoms with van der Waals surface area (Å²) in [5.74, 6) is 0.920. The molecule has 7 nitrogen and oxygen atoms in total. The third-order valence-corrected chi connectivity index (χ3v) is 4.68. The summed E-state index contributed by atoms with van der Waals surface area (Å²) in [6.45, 7) is 5.10. The van der Waals surface area contributed by atoms with E-state index >= 15 is 0 Å². The lowest BCUT2D eigenvalue weighted by Crippen LogP contribution is -2.51. The number of likely N-dealkylation sites (tertiary alicyclic amines) is 1. The van der Waals surface area contributed by atoms with Crippen molar-refractivity contribution < 1.29 is 19.1 Å². The van der Waals surface area contributed by atoms with Gasteiger partial charge in [0.05, 0.1) is 20.1 Å². The summed E-state index contributed by atoms with van der Waals surface area (Å²) >= 11 is 0. The molecule has 2 rings (SSSR count). The number of nitrogens with zero attached hydrogens (tertiary/aromatic N) is 1. The molecule has 1 heterocycles. The van der Waals surface area contributed by atoms with Gasteiger partial charge < -0.3 is 25.4 Å². The van der Waals surface area contributed by atoms with Crippen LogP contribution in [0, 0.1) is 5.92 Å². The van der Waals surface area contributed by atoms with Crippen LogP contribution >= 0.6 is 0 Å². The van der Waals surface area contributed by atoms with Crippen molar-refractivity contribution >= 4 is 11.8 Å². The minimum absolute atomic E-state index is 0.0104. The summed E-state index contributed by atoms with van der Waals surface area (Å²) in [7, 11) is 3.19. The number of amides is 2. The second-order valence-electron chi connectivity index (χ2n) is 7.26. The van der Waals surface area contributed by atoms with Crippen molar-refractivity contribution in [1.29, 1.82) is 0 Å². The van der Waals surface area contributed by atoms with Gasteiger partial charge in [0.25, 0.3) is 0 Å². The van der Waals surface area contributed by atoms with Crippen molar-refractivity contribution in [2.75, 3.05) is 33.9 Å². The van der Waals surface area contributed by atoms with Gasteiger partial charge in [0.15, 0.2) is 11.5 Å². The number of methoxy groups -OCH3 is 2. The van der Waals surface area contributed by atoms with Crippen LogP contribution in [0.15, 0.2) is 18.2 Å². The number of ether oxygens (including phenoxy) is 2. The molecule has 0 radical (unpaired) electrons. The molecule has 1 aliphatic rings. The predicted octanol–water partition coefficient (Wildman–Crippen LogP) is 0.948. The topological polar surface area (TPSA) is 93.9 Å². The Kier molecular flexibility index (Phi) is 6.47. The first kappa shape index (κ1) is 20.0. The van der Waals surface area contributed by atoms with E-state index in [1.807, 2.05) is 32.0 Å². The van der Waals surface area contributed by atoms with Crippen molar-refractivity contribution in [3.05, 3.63) is 23.8 Å². The van der Waals surface area contributed by atoms with E-state index in [0.29, 0.717) is 37.6 Å². The molecule has 1 unspecified atom stereocenters. The number of hydrogen-bond donors (Lipinski definition) is 2. The van der Waals surface area contributed by atoms with Gasteiger partial charge in [-0.1, -0.05) is 6.07 Å².